The Labute approximate surface area is 251 Å². The van der Waals surface area contributed by atoms with Crippen molar-refractivity contribution in [3.8, 4) is 11.4 Å². The summed E-state index contributed by atoms with van der Waals surface area (Å²) in [6, 6.07) is 53.3. The highest BCUT2D eigenvalue weighted by molar-refractivity contribution is 7.26. The van der Waals surface area contributed by atoms with E-state index in [4.69, 9.17) is 0 Å². The molecule has 0 aliphatic heterocycles. The first kappa shape index (κ1) is 23.2. The Morgan fingerprint density at radius 3 is 1.86 bits per heavy atom. The van der Waals surface area contributed by atoms with E-state index < -0.39 is 0 Å². The van der Waals surface area contributed by atoms with E-state index >= 15 is 0 Å². The van der Waals surface area contributed by atoms with Crippen LogP contribution in [0.3, 0.4) is 0 Å². The molecule has 2 nitrogen and oxygen atoms in total. The van der Waals surface area contributed by atoms with Crippen molar-refractivity contribution < 1.29 is 0 Å². The molecule has 200 valence electrons. The fourth-order valence-electron chi connectivity index (χ4n) is 7.35. The summed E-state index contributed by atoms with van der Waals surface area (Å²) >= 11 is 1.89. The Kier molecular flexibility index (Phi) is 4.63. The summed E-state index contributed by atoms with van der Waals surface area (Å²) in [5, 5.41) is 10.3. The molecule has 0 saturated heterocycles. The smallest absolute Gasteiger partial charge is 0.0641 e. The number of hydrogen-bond donors (Lipinski definition) is 0. The fourth-order valence-corrected chi connectivity index (χ4v) is 8.55. The third kappa shape index (κ3) is 3.07. The van der Waals surface area contributed by atoms with Crippen LogP contribution in [-0.2, 0) is 0 Å². The summed E-state index contributed by atoms with van der Waals surface area (Å²) in [5.74, 6) is 0. The van der Waals surface area contributed by atoms with Gasteiger partial charge in [0.1, 0.15) is 0 Å². The zero-order chi connectivity index (χ0) is 28.1. The van der Waals surface area contributed by atoms with Gasteiger partial charge in [-0.2, -0.15) is 0 Å². The molecule has 0 aliphatic rings. The number of rotatable bonds is 2. The first-order valence-electron chi connectivity index (χ1n) is 14.7. The minimum Gasteiger partial charge on any atom is -0.309 e. The zero-order valence-electron chi connectivity index (χ0n) is 23.2. The number of benzene rings is 7. The second kappa shape index (κ2) is 8.57. The normalized spacial score (nSPS) is 12.2. The van der Waals surface area contributed by atoms with E-state index in [1.807, 2.05) is 11.3 Å². The lowest BCUT2D eigenvalue weighted by molar-refractivity contribution is 1.18. The number of thiophene rings is 1. The van der Waals surface area contributed by atoms with Gasteiger partial charge in [0.2, 0.25) is 0 Å². The van der Waals surface area contributed by atoms with Crippen LogP contribution in [0.2, 0.25) is 0 Å². The second-order valence-electron chi connectivity index (χ2n) is 11.3. The molecule has 0 amide bonds. The Balaban J connectivity index is 1.40. The summed E-state index contributed by atoms with van der Waals surface area (Å²) in [6.45, 7) is 0. The molecule has 3 heterocycles. The first-order valence-corrected chi connectivity index (χ1v) is 15.5. The van der Waals surface area contributed by atoms with Gasteiger partial charge in [-0.15, -0.1) is 11.3 Å². The maximum Gasteiger partial charge on any atom is 0.0641 e. The van der Waals surface area contributed by atoms with E-state index in [-0.39, 0.29) is 0 Å². The lowest BCUT2D eigenvalue weighted by Gasteiger charge is -2.12. The van der Waals surface area contributed by atoms with Gasteiger partial charge >= 0.3 is 0 Å². The minimum absolute atomic E-state index is 1.18. The summed E-state index contributed by atoms with van der Waals surface area (Å²) in [5.41, 5.74) is 7.38. The van der Waals surface area contributed by atoms with Gasteiger partial charge in [-0.05, 0) is 47.9 Å². The van der Waals surface area contributed by atoms with E-state index in [9.17, 15) is 0 Å². The van der Waals surface area contributed by atoms with Crippen LogP contribution in [0.5, 0.6) is 0 Å². The number of hydrogen-bond acceptors (Lipinski definition) is 1. The van der Waals surface area contributed by atoms with Gasteiger partial charge < -0.3 is 9.13 Å². The Hall–Kier alpha value is -5.38. The van der Waals surface area contributed by atoms with Crippen molar-refractivity contribution in [3.63, 3.8) is 0 Å². The summed E-state index contributed by atoms with van der Waals surface area (Å²) < 4.78 is 7.57. The van der Waals surface area contributed by atoms with Gasteiger partial charge in [0.05, 0.1) is 32.5 Å². The quantitative estimate of drug-likeness (QED) is 0.198. The predicted octanol–water partition coefficient (Wildman–Crippen LogP) is 11.4. The molecule has 0 saturated carbocycles. The van der Waals surface area contributed by atoms with Gasteiger partial charge in [-0.1, -0.05) is 103 Å². The summed E-state index contributed by atoms with van der Waals surface area (Å²) in [6.07, 6.45) is 0. The molecule has 3 heteroatoms. The topological polar surface area (TPSA) is 9.86 Å². The fraction of sp³-hybridized carbons (Fsp3) is 0. The number of para-hydroxylation sites is 3. The Morgan fingerprint density at radius 2 is 1.00 bits per heavy atom. The van der Waals surface area contributed by atoms with Crippen molar-refractivity contribution in [2.24, 2.45) is 0 Å². The van der Waals surface area contributed by atoms with E-state index in [1.165, 1.54) is 85.9 Å². The van der Waals surface area contributed by atoms with E-state index in [0.29, 0.717) is 0 Å². The van der Waals surface area contributed by atoms with Crippen molar-refractivity contribution in [3.05, 3.63) is 146 Å². The van der Waals surface area contributed by atoms with E-state index in [0.717, 1.165) is 0 Å². The van der Waals surface area contributed by atoms with Crippen molar-refractivity contribution >= 4 is 85.9 Å². The molecule has 0 unspecified atom stereocenters. The summed E-state index contributed by atoms with van der Waals surface area (Å²) in [4.78, 5) is 0. The van der Waals surface area contributed by atoms with Gasteiger partial charge in [0, 0.05) is 48.1 Å². The highest BCUT2D eigenvalue weighted by atomic mass is 32.1. The number of fused-ring (bicyclic) bond motifs is 12. The molecule has 0 spiro atoms. The molecule has 43 heavy (non-hydrogen) atoms. The maximum atomic E-state index is 2.52. The molecule has 10 aromatic rings. The van der Waals surface area contributed by atoms with E-state index in [1.54, 1.807) is 0 Å². The Morgan fingerprint density at radius 1 is 0.372 bits per heavy atom. The zero-order valence-corrected chi connectivity index (χ0v) is 24.0. The van der Waals surface area contributed by atoms with Crippen LogP contribution in [0.15, 0.2) is 146 Å². The van der Waals surface area contributed by atoms with Gasteiger partial charge in [-0.25, -0.2) is 0 Å². The molecule has 3 aromatic heterocycles. The molecule has 0 N–H and O–H groups in total. The molecule has 10 rings (SSSR count). The maximum absolute atomic E-state index is 2.52. The van der Waals surface area contributed by atoms with Gasteiger partial charge in [0.25, 0.3) is 0 Å². The average molecular weight is 565 g/mol. The lowest BCUT2D eigenvalue weighted by Crippen LogP contribution is -1.95. The summed E-state index contributed by atoms with van der Waals surface area (Å²) in [7, 11) is 0. The average Bonchev–Trinajstić information content (AvgIpc) is 3.73. The number of aromatic nitrogens is 2. The van der Waals surface area contributed by atoms with E-state index in [2.05, 4.69) is 155 Å². The van der Waals surface area contributed by atoms with Crippen molar-refractivity contribution in [1.82, 2.24) is 9.13 Å². The Bertz CT molecular complexity index is 2720. The first-order chi connectivity index (χ1) is 21.4. The molecule has 0 aliphatic carbocycles. The molecule has 0 radical (unpaired) electrons. The third-order valence-corrected chi connectivity index (χ3v) is 10.3. The van der Waals surface area contributed by atoms with Crippen molar-refractivity contribution in [1.29, 1.82) is 0 Å². The molecular formula is C40H24N2S. The minimum atomic E-state index is 1.18. The van der Waals surface area contributed by atoms with Gasteiger partial charge in [-0.3, -0.25) is 0 Å². The van der Waals surface area contributed by atoms with Crippen LogP contribution in [0.25, 0.3) is 85.9 Å². The van der Waals surface area contributed by atoms with Crippen molar-refractivity contribution in [2.45, 2.75) is 0 Å². The monoisotopic (exact) mass is 564 g/mol. The lowest BCUT2D eigenvalue weighted by atomic mass is 10.0. The largest absolute Gasteiger partial charge is 0.309 e. The van der Waals surface area contributed by atoms with Gasteiger partial charge in [0.15, 0.2) is 0 Å². The molecule has 0 fully saturated rings. The van der Waals surface area contributed by atoms with Crippen LogP contribution in [-0.4, -0.2) is 9.13 Å². The SMILES string of the molecule is c1ccc(-n2c3ccccc3c3c4ccc5c6ccccc6n(-c6cccc7c6sc6ccccc67)c5c4ccc32)cc1. The number of nitrogens with zero attached hydrogens (tertiary/aromatic N) is 2. The predicted molar refractivity (Wildman–Crippen MR) is 186 cm³/mol. The van der Waals surface area contributed by atoms with Crippen LogP contribution in [0.1, 0.15) is 0 Å². The van der Waals surface area contributed by atoms with Crippen LogP contribution >= 0.6 is 11.3 Å². The third-order valence-electron chi connectivity index (χ3n) is 9.10. The van der Waals surface area contributed by atoms with Crippen LogP contribution < -0.4 is 0 Å². The highest BCUT2D eigenvalue weighted by Crippen LogP contribution is 2.44. The second-order valence-corrected chi connectivity index (χ2v) is 12.4. The standard InChI is InChI=1S/C40H24N2S/c1-2-11-25(12-3-1)41-34-18-8-5-15-32(34)38-28-21-22-29-26-13-4-7-17-33(26)42(39(29)30(28)23-24-35(38)41)36-19-10-16-31-27-14-6-9-20-37(27)43-40(31)36/h1-24H. The molecule has 0 bridgehead atoms. The molecular weight excluding hydrogens is 541 g/mol. The van der Waals surface area contributed by atoms with Crippen LogP contribution in [0.4, 0.5) is 0 Å². The van der Waals surface area contributed by atoms with Crippen LogP contribution in [0, 0.1) is 0 Å². The highest BCUT2D eigenvalue weighted by Gasteiger charge is 2.21. The molecule has 0 atom stereocenters. The van der Waals surface area contributed by atoms with Crippen molar-refractivity contribution in [2.75, 3.05) is 0 Å². The molecule has 7 aromatic carbocycles.